The van der Waals surface area contributed by atoms with Gasteiger partial charge in [0.25, 0.3) is 5.56 Å². The lowest BCUT2D eigenvalue weighted by molar-refractivity contribution is -0.129. The van der Waals surface area contributed by atoms with Gasteiger partial charge in [0, 0.05) is 22.4 Å². The molecular weight excluding hydrogens is 358 g/mol. The Morgan fingerprint density at radius 3 is 3.16 bits per heavy atom. The molecule has 0 radical (unpaired) electrons. The number of thiophene rings is 1. The summed E-state index contributed by atoms with van der Waals surface area (Å²) in [6.07, 6.45) is 3.47. The fourth-order valence-electron chi connectivity index (χ4n) is 2.87. The highest BCUT2D eigenvalue weighted by molar-refractivity contribution is 8.00. The minimum absolute atomic E-state index is 0.0245. The molecule has 9 heteroatoms. The predicted octanol–water partition coefficient (Wildman–Crippen LogP) is 1.76. The van der Waals surface area contributed by atoms with E-state index in [9.17, 15) is 9.59 Å². The van der Waals surface area contributed by atoms with Crippen LogP contribution in [0.5, 0.6) is 0 Å². The van der Waals surface area contributed by atoms with E-state index in [0.717, 1.165) is 15.2 Å². The number of fused-ring (bicyclic) bond motifs is 2. The third kappa shape index (κ3) is 3.16. The van der Waals surface area contributed by atoms with Gasteiger partial charge in [-0.25, -0.2) is 15.0 Å². The molecule has 3 aromatic rings. The number of nitrogens with zero attached hydrogens (tertiary/aromatic N) is 4. The first kappa shape index (κ1) is 16.2. The molecule has 0 saturated heterocycles. The highest BCUT2D eigenvalue weighted by Crippen LogP contribution is 2.30. The predicted molar refractivity (Wildman–Crippen MR) is 96.9 cm³/mol. The first-order valence-electron chi connectivity index (χ1n) is 7.79. The van der Waals surface area contributed by atoms with Crippen molar-refractivity contribution in [2.75, 3.05) is 12.3 Å². The smallest absolute Gasteiger partial charge is 0.254 e. The summed E-state index contributed by atoms with van der Waals surface area (Å²) in [5, 5.41) is 1.83. The van der Waals surface area contributed by atoms with E-state index in [0.29, 0.717) is 36.5 Å². The fraction of sp³-hybridized carbons (Fsp3) is 0.312. The van der Waals surface area contributed by atoms with Crippen LogP contribution in [-0.4, -0.2) is 43.0 Å². The maximum absolute atomic E-state index is 12.6. The Bertz CT molecular complexity index is 1010. The van der Waals surface area contributed by atoms with Crippen molar-refractivity contribution in [2.45, 2.75) is 24.9 Å². The minimum Gasteiger partial charge on any atom is -0.336 e. The van der Waals surface area contributed by atoms with Crippen LogP contribution in [0.25, 0.3) is 10.2 Å². The summed E-state index contributed by atoms with van der Waals surface area (Å²) in [6.45, 7) is 2.96. The number of nitrogens with one attached hydrogen (secondary N) is 1. The van der Waals surface area contributed by atoms with Crippen LogP contribution in [0.1, 0.15) is 16.1 Å². The summed E-state index contributed by atoms with van der Waals surface area (Å²) in [6, 6.07) is 2.06. The zero-order valence-corrected chi connectivity index (χ0v) is 15.1. The Morgan fingerprint density at radius 2 is 2.28 bits per heavy atom. The maximum atomic E-state index is 12.6. The lowest BCUT2D eigenvalue weighted by Crippen LogP contribution is -2.39. The monoisotopic (exact) mass is 373 g/mol. The summed E-state index contributed by atoms with van der Waals surface area (Å²) >= 11 is 3.05. The van der Waals surface area contributed by atoms with E-state index in [1.807, 2.05) is 6.92 Å². The SMILES string of the molecule is Cc1cc2c(SCC(=O)N3CCc4c(nc[nH]c4=O)C3)ncnc2s1. The molecule has 1 N–H and O–H groups in total. The molecule has 3 aromatic heterocycles. The lowest BCUT2D eigenvalue weighted by Gasteiger charge is -2.27. The second-order valence-corrected chi connectivity index (χ2v) is 7.96. The van der Waals surface area contributed by atoms with Gasteiger partial charge in [-0.3, -0.25) is 9.59 Å². The van der Waals surface area contributed by atoms with Gasteiger partial charge < -0.3 is 9.88 Å². The third-order valence-corrected chi connectivity index (χ3v) is 6.06. The van der Waals surface area contributed by atoms with E-state index in [-0.39, 0.29) is 11.5 Å². The molecule has 4 heterocycles. The molecule has 0 bridgehead atoms. The number of rotatable bonds is 3. The standard InChI is InChI=1S/C16H15N5O2S2/c1-9-4-11-15(19-8-20-16(11)25-9)24-6-13(22)21-3-2-10-12(5-21)17-7-18-14(10)23/h4,7-8H,2-3,5-6H2,1H3,(H,17,18,23). The van der Waals surface area contributed by atoms with Gasteiger partial charge in [-0.15, -0.1) is 11.3 Å². The normalized spacial score (nSPS) is 13.9. The largest absolute Gasteiger partial charge is 0.336 e. The molecule has 1 amide bonds. The first-order chi connectivity index (χ1) is 12.1. The van der Waals surface area contributed by atoms with E-state index in [2.05, 4.69) is 26.0 Å². The molecule has 0 aromatic carbocycles. The van der Waals surface area contributed by atoms with Gasteiger partial charge in [-0.1, -0.05) is 11.8 Å². The highest BCUT2D eigenvalue weighted by atomic mass is 32.2. The Hall–Kier alpha value is -2.26. The summed E-state index contributed by atoms with van der Waals surface area (Å²) in [5.41, 5.74) is 1.26. The van der Waals surface area contributed by atoms with Crippen molar-refractivity contribution in [1.29, 1.82) is 0 Å². The summed E-state index contributed by atoms with van der Waals surface area (Å²) < 4.78 is 0. The second-order valence-electron chi connectivity index (χ2n) is 5.77. The van der Waals surface area contributed by atoms with E-state index < -0.39 is 0 Å². The molecule has 128 valence electrons. The number of carbonyl (C=O) groups excluding carboxylic acids is 1. The molecule has 7 nitrogen and oxygen atoms in total. The van der Waals surface area contributed by atoms with Gasteiger partial charge in [0.15, 0.2) is 0 Å². The highest BCUT2D eigenvalue weighted by Gasteiger charge is 2.23. The average Bonchev–Trinajstić information content (AvgIpc) is 3.00. The Labute approximate surface area is 151 Å². The molecule has 25 heavy (non-hydrogen) atoms. The molecule has 4 rings (SSSR count). The van der Waals surface area contributed by atoms with Crippen LogP contribution in [0.3, 0.4) is 0 Å². The Kier molecular flexibility index (Phi) is 4.26. The van der Waals surface area contributed by atoms with Crippen molar-refractivity contribution >= 4 is 39.2 Å². The lowest BCUT2D eigenvalue weighted by atomic mass is 10.1. The van der Waals surface area contributed by atoms with E-state index in [1.54, 1.807) is 22.6 Å². The third-order valence-electron chi connectivity index (χ3n) is 4.11. The Balaban J connectivity index is 1.47. The van der Waals surface area contributed by atoms with Crippen molar-refractivity contribution in [3.63, 3.8) is 0 Å². The zero-order valence-electron chi connectivity index (χ0n) is 13.5. The molecule has 0 unspecified atom stereocenters. The molecule has 1 aliphatic rings. The number of carbonyl (C=O) groups is 1. The second kappa shape index (κ2) is 6.57. The minimum atomic E-state index is -0.109. The number of hydrogen-bond donors (Lipinski definition) is 1. The fourth-order valence-corrected chi connectivity index (χ4v) is 4.66. The van der Waals surface area contributed by atoms with Gasteiger partial charge in [0.05, 0.1) is 24.3 Å². The van der Waals surface area contributed by atoms with Crippen molar-refractivity contribution < 1.29 is 4.79 Å². The molecule has 0 fully saturated rings. The number of H-pyrrole nitrogens is 1. The van der Waals surface area contributed by atoms with Gasteiger partial charge in [0.1, 0.15) is 16.2 Å². The van der Waals surface area contributed by atoms with Crippen LogP contribution in [-0.2, 0) is 17.8 Å². The van der Waals surface area contributed by atoms with Gasteiger partial charge in [-0.2, -0.15) is 0 Å². The number of amides is 1. The van der Waals surface area contributed by atoms with Gasteiger partial charge in [0.2, 0.25) is 5.91 Å². The van der Waals surface area contributed by atoms with Gasteiger partial charge >= 0.3 is 0 Å². The van der Waals surface area contributed by atoms with Crippen LogP contribution in [0.2, 0.25) is 0 Å². The summed E-state index contributed by atoms with van der Waals surface area (Å²) in [7, 11) is 0. The first-order valence-corrected chi connectivity index (χ1v) is 9.59. The van der Waals surface area contributed by atoms with E-state index >= 15 is 0 Å². The molecule has 1 aliphatic heterocycles. The number of hydrogen-bond acceptors (Lipinski definition) is 7. The summed E-state index contributed by atoms with van der Waals surface area (Å²) in [5.74, 6) is 0.330. The Morgan fingerprint density at radius 1 is 1.40 bits per heavy atom. The number of aromatic nitrogens is 4. The summed E-state index contributed by atoms with van der Waals surface area (Å²) in [4.78, 5) is 43.6. The molecular formula is C16H15N5O2S2. The number of thioether (sulfide) groups is 1. The average molecular weight is 373 g/mol. The van der Waals surface area contributed by atoms with Crippen molar-refractivity contribution in [3.8, 4) is 0 Å². The molecule has 0 aliphatic carbocycles. The van der Waals surface area contributed by atoms with Gasteiger partial charge in [-0.05, 0) is 19.4 Å². The van der Waals surface area contributed by atoms with Crippen molar-refractivity contribution in [2.24, 2.45) is 0 Å². The number of aromatic amines is 1. The van der Waals surface area contributed by atoms with Crippen LogP contribution in [0.4, 0.5) is 0 Å². The van der Waals surface area contributed by atoms with Crippen molar-refractivity contribution in [1.82, 2.24) is 24.8 Å². The molecule has 0 saturated carbocycles. The number of aryl methyl sites for hydroxylation is 1. The molecule has 0 atom stereocenters. The van der Waals surface area contributed by atoms with E-state index in [1.165, 1.54) is 23.0 Å². The van der Waals surface area contributed by atoms with Crippen molar-refractivity contribution in [3.05, 3.63) is 45.2 Å². The van der Waals surface area contributed by atoms with Crippen LogP contribution in [0.15, 0.2) is 28.5 Å². The zero-order chi connectivity index (χ0) is 17.4. The molecule has 0 spiro atoms. The van der Waals surface area contributed by atoms with Crippen LogP contribution < -0.4 is 5.56 Å². The van der Waals surface area contributed by atoms with Crippen LogP contribution in [0, 0.1) is 6.92 Å². The van der Waals surface area contributed by atoms with E-state index in [4.69, 9.17) is 0 Å². The maximum Gasteiger partial charge on any atom is 0.254 e. The van der Waals surface area contributed by atoms with Crippen LogP contribution >= 0.6 is 23.1 Å². The topological polar surface area (TPSA) is 91.8 Å². The quantitative estimate of drug-likeness (QED) is 0.556.